The third-order valence-electron chi connectivity index (χ3n) is 10.5. The van der Waals surface area contributed by atoms with Crippen LogP contribution in [0.25, 0.3) is 0 Å². The Balaban J connectivity index is 1.53. The van der Waals surface area contributed by atoms with Gasteiger partial charge in [0.2, 0.25) is 0 Å². The number of esters is 1. The second-order valence-electron chi connectivity index (χ2n) is 11.5. The number of allylic oxidation sites excluding steroid dienone is 1. The Kier molecular flexibility index (Phi) is 4.29. The lowest BCUT2D eigenvalue weighted by molar-refractivity contribution is -0.189. The normalized spacial score (nSPS) is 51.1. The number of carbonyl (C=O) groups excluding carboxylic acids is 3. The quantitative estimate of drug-likeness (QED) is 0.619. The molecule has 0 aromatic rings. The first-order valence-electron chi connectivity index (χ1n) is 12.1. The van der Waals surface area contributed by atoms with Gasteiger partial charge in [-0.3, -0.25) is 14.4 Å². The Bertz CT molecular complexity index is 857. The van der Waals surface area contributed by atoms with E-state index >= 15 is 0 Å². The van der Waals surface area contributed by atoms with Gasteiger partial charge < -0.3 is 4.74 Å². The number of ether oxygens (including phenoxy) is 1. The Hall–Kier alpha value is -1.45. The number of ketones is 2. The fraction of sp³-hybridized carbons (Fsp3) is 0.808. The van der Waals surface area contributed by atoms with Gasteiger partial charge in [0.25, 0.3) is 0 Å². The minimum absolute atomic E-state index is 0.0222. The molecule has 30 heavy (non-hydrogen) atoms. The first-order chi connectivity index (χ1) is 14.1. The fourth-order valence-electron chi connectivity index (χ4n) is 8.94. The van der Waals surface area contributed by atoms with E-state index in [-0.39, 0.29) is 28.5 Å². The molecular formula is C26H36O4. The molecule has 5 rings (SSSR count). The molecule has 0 heterocycles. The molecule has 0 radical (unpaired) electrons. The molecule has 0 saturated heterocycles. The van der Waals surface area contributed by atoms with Crippen LogP contribution in [-0.2, 0) is 19.1 Å². The summed E-state index contributed by atoms with van der Waals surface area (Å²) in [6, 6.07) is 0. The number of Topliss-reactive ketones (excluding diaryl/α,β-unsaturated/α-hetero) is 1. The van der Waals surface area contributed by atoms with Gasteiger partial charge in [0.05, 0.1) is 0 Å². The summed E-state index contributed by atoms with van der Waals surface area (Å²) in [6.07, 6.45) is 8.08. The minimum atomic E-state index is -0.958. The molecular weight excluding hydrogens is 376 g/mol. The van der Waals surface area contributed by atoms with E-state index in [0.29, 0.717) is 48.2 Å². The van der Waals surface area contributed by atoms with Gasteiger partial charge in [-0.2, -0.15) is 0 Å². The second kappa shape index (κ2) is 6.29. The summed E-state index contributed by atoms with van der Waals surface area (Å²) in [7, 11) is 0. The van der Waals surface area contributed by atoms with Gasteiger partial charge in [-0.1, -0.05) is 33.3 Å². The van der Waals surface area contributed by atoms with Crippen LogP contribution in [0.15, 0.2) is 11.6 Å². The highest BCUT2D eigenvalue weighted by molar-refractivity contribution is 5.96. The van der Waals surface area contributed by atoms with Crippen LogP contribution >= 0.6 is 0 Å². The van der Waals surface area contributed by atoms with E-state index in [1.165, 1.54) is 5.57 Å². The lowest BCUT2D eigenvalue weighted by Gasteiger charge is -2.60. The van der Waals surface area contributed by atoms with E-state index in [2.05, 4.69) is 20.8 Å². The molecule has 0 aromatic carbocycles. The maximum absolute atomic E-state index is 13.0. The summed E-state index contributed by atoms with van der Waals surface area (Å²) in [5, 5.41) is 0. The van der Waals surface area contributed by atoms with Gasteiger partial charge in [-0.15, -0.1) is 0 Å². The van der Waals surface area contributed by atoms with Crippen LogP contribution in [0, 0.1) is 46.3 Å². The van der Waals surface area contributed by atoms with Gasteiger partial charge in [0, 0.05) is 17.8 Å². The molecule has 4 fully saturated rings. The molecule has 0 unspecified atom stereocenters. The Morgan fingerprint density at radius 2 is 1.80 bits per heavy atom. The first kappa shape index (κ1) is 20.5. The van der Waals surface area contributed by atoms with Crippen molar-refractivity contribution in [1.82, 2.24) is 0 Å². The molecule has 9 atom stereocenters. The summed E-state index contributed by atoms with van der Waals surface area (Å²) in [5.41, 5.74) is 0.296. The summed E-state index contributed by atoms with van der Waals surface area (Å²) < 4.78 is 6.02. The third-order valence-corrected chi connectivity index (χ3v) is 10.5. The summed E-state index contributed by atoms with van der Waals surface area (Å²) >= 11 is 0. The van der Waals surface area contributed by atoms with Gasteiger partial charge in [-0.05, 0) is 86.5 Å². The van der Waals surface area contributed by atoms with Gasteiger partial charge in [-0.25, -0.2) is 0 Å². The zero-order chi connectivity index (χ0) is 21.6. The lowest BCUT2D eigenvalue weighted by Crippen LogP contribution is -2.59. The van der Waals surface area contributed by atoms with Crippen molar-refractivity contribution >= 4 is 17.5 Å². The van der Waals surface area contributed by atoms with Crippen molar-refractivity contribution in [2.24, 2.45) is 46.3 Å². The average Bonchev–Trinajstić information content (AvgIpc) is 3.45. The number of hydrogen-bond donors (Lipinski definition) is 0. The molecule has 0 spiro atoms. The summed E-state index contributed by atoms with van der Waals surface area (Å²) in [6.45, 7) is 10.4. The first-order valence-corrected chi connectivity index (χ1v) is 12.1. The van der Waals surface area contributed by atoms with Crippen LogP contribution in [0.1, 0.15) is 79.6 Å². The highest BCUT2D eigenvalue weighted by atomic mass is 16.6. The van der Waals surface area contributed by atoms with Crippen molar-refractivity contribution in [3.63, 3.8) is 0 Å². The van der Waals surface area contributed by atoms with Crippen molar-refractivity contribution in [2.45, 2.75) is 85.2 Å². The van der Waals surface area contributed by atoms with E-state index in [1.807, 2.05) is 6.08 Å². The van der Waals surface area contributed by atoms with Gasteiger partial charge >= 0.3 is 5.97 Å². The van der Waals surface area contributed by atoms with Crippen LogP contribution in [0.5, 0.6) is 0 Å². The average molecular weight is 413 g/mol. The van der Waals surface area contributed by atoms with E-state index in [0.717, 1.165) is 32.1 Å². The van der Waals surface area contributed by atoms with Crippen LogP contribution in [0.3, 0.4) is 0 Å². The predicted octanol–water partition coefficient (Wildman–Crippen LogP) is 4.90. The van der Waals surface area contributed by atoms with Crippen LogP contribution in [0.2, 0.25) is 0 Å². The molecule has 0 aliphatic heterocycles. The maximum Gasteiger partial charge on any atom is 0.306 e. The number of carbonyl (C=O) groups is 3. The van der Waals surface area contributed by atoms with Crippen molar-refractivity contribution < 1.29 is 19.1 Å². The summed E-state index contributed by atoms with van der Waals surface area (Å²) in [5.74, 6) is 2.83. The zero-order valence-electron chi connectivity index (χ0n) is 19.1. The smallest absolute Gasteiger partial charge is 0.306 e. The van der Waals surface area contributed by atoms with E-state index in [1.54, 1.807) is 13.8 Å². The molecule has 5 aliphatic carbocycles. The van der Waals surface area contributed by atoms with Crippen molar-refractivity contribution in [3.05, 3.63) is 11.6 Å². The topological polar surface area (TPSA) is 60.4 Å². The molecule has 5 aliphatic rings. The van der Waals surface area contributed by atoms with E-state index in [4.69, 9.17) is 4.74 Å². The second-order valence-corrected chi connectivity index (χ2v) is 11.5. The maximum atomic E-state index is 13.0. The van der Waals surface area contributed by atoms with Gasteiger partial charge in [0.15, 0.2) is 17.2 Å². The van der Waals surface area contributed by atoms with Crippen molar-refractivity contribution in [1.29, 1.82) is 0 Å². The zero-order valence-corrected chi connectivity index (χ0v) is 19.1. The molecule has 4 heteroatoms. The molecule has 0 aromatic heterocycles. The number of hydrogen-bond acceptors (Lipinski definition) is 4. The monoisotopic (exact) mass is 412 g/mol. The van der Waals surface area contributed by atoms with Crippen LogP contribution < -0.4 is 0 Å². The molecule has 0 amide bonds. The largest absolute Gasteiger partial charge is 0.450 e. The molecule has 0 N–H and O–H groups in total. The standard InChI is InChI=1S/C26H36O4/c1-6-23(29)30-26(15(3)27)10-8-18-16-11-14(2)20-13-22(28)17-12-21(17)25(20,5)19(16)7-9-24(18,26)4/h13-14,16-19,21H,6-12H2,1-5H3/t14-,16-,17+,18-,19-,21-,24-,25+,26-/m0/s1. The van der Waals surface area contributed by atoms with Crippen molar-refractivity contribution in [3.8, 4) is 0 Å². The molecule has 164 valence electrons. The highest BCUT2D eigenvalue weighted by Crippen LogP contribution is 2.73. The lowest BCUT2D eigenvalue weighted by atomic mass is 9.44. The minimum Gasteiger partial charge on any atom is -0.450 e. The number of rotatable bonds is 3. The Labute approximate surface area is 180 Å². The Morgan fingerprint density at radius 3 is 2.47 bits per heavy atom. The molecule has 0 bridgehead atoms. The summed E-state index contributed by atoms with van der Waals surface area (Å²) in [4.78, 5) is 37.8. The SMILES string of the molecule is CCC(=O)O[C@]1(C(C)=O)CC[C@H]2[C@@H]3C[C@H](C)C4=CC(=O)[C@@H]5C[C@@H]5[C@]4(C)[C@H]3CC[C@@]21C. The third kappa shape index (κ3) is 2.31. The molecule has 4 nitrogen and oxygen atoms in total. The highest BCUT2D eigenvalue weighted by Gasteiger charge is 2.71. The van der Waals surface area contributed by atoms with Crippen molar-refractivity contribution in [2.75, 3.05) is 0 Å². The van der Waals surface area contributed by atoms with E-state index in [9.17, 15) is 14.4 Å². The van der Waals surface area contributed by atoms with Crippen LogP contribution in [0.4, 0.5) is 0 Å². The van der Waals surface area contributed by atoms with Crippen LogP contribution in [-0.4, -0.2) is 23.1 Å². The van der Waals surface area contributed by atoms with Gasteiger partial charge in [0.1, 0.15) is 0 Å². The molecule has 4 saturated carbocycles. The fourth-order valence-corrected chi connectivity index (χ4v) is 8.94. The van der Waals surface area contributed by atoms with E-state index < -0.39 is 5.60 Å². The predicted molar refractivity (Wildman–Crippen MR) is 113 cm³/mol. The number of fused-ring (bicyclic) bond motifs is 7. The Morgan fingerprint density at radius 1 is 1.10 bits per heavy atom.